The van der Waals surface area contributed by atoms with Crippen LogP contribution in [0.25, 0.3) is 22.3 Å². The highest BCUT2D eigenvalue weighted by Crippen LogP contribution is 2.42. The van der Waals surface area contributed by atoms with Crippen LogP contribution < -0.4 is 14.2 Å². The maximum atomic E-state index is 11.2. The lowest BCUT2D eigenvalue weighted by Gasteiger charge is -2.18. The van der Waals surface area contributed by atoms with Crippen molar-refractivity contribution in [3.05, 3.63) is 95.1 Å². The standard InChI is InChI=1S/C35H37NO6/c1-5-39-34(40-6-2)22-41-26-16-13-24(14-17-26)27-9-7-10-28(23(27)3)29-11-8-12-31-30(29)18-19-32(31)42-33-20-15-25(21-37)35(36-33)38-4/h7-17,20-21,32,34H,5-6,18-19,22H2,1-4H3. The number of carbonyl (C=O) groups is 1. The molecule has 4 aromatic rings. The number of pyridine rings is 1. The van der Waals surface area contributed by atoms with E-state index in [0.717, 1.165) is 36.0 Å². The van der Waals surface area contributed by atoms with Crippen LogP contribution in [0.4, 0.5) is 0 Å². The number of hydrogen-bond acceptors (Lipinski definition) is 7. The molecule has 1 aliphatic rings. The monoisotopic (exact) mass is 567 g/mol. The molecule has 7 heteroatoms. The van der Waals surface area contributed by atoms with Gasteiger partial charge in [0.2, 0.25) is 11.8 Å². The summed E-state index contributed by atoms with van der Waals surface area (Å²) >= 11 is 0. The molecule has 1 heterocycles. The van der Waals surface area contributed by atoms with E-state index < -0.39 is 0 Å². The van der Waals surface area contributed by atoms with Crippen molar-refractivity contribution in [2.75, 3.05) is 26.9 Å². The number of fused-ring (bicyclic) bond motifs is 1. The molecule has 0 amide bonds. The van der Waals surface area contributed by atoms with Crippen LogP contribution in [0.2, 0.25) is 0 Å². The third-order valence-corrected chi connectivity index (χ3v) is 7.54. The van der Waals surface area contributed by atoms with Crippen molar-refractivity contribution < 1.29 is 28.5 Å². The van der Waals surface area contributed by atoms with E-state index in [9.17, 15) is 4.79 Å². The molecule has 7 nitrogen and oxygen atoms in total. The molecule has 0 aliphatic heterocycles. The fourth-order valence-corrected chi connectivity index (χ4v) is 5.54. The summed E-state index contributed by atoms with van der Waals surface area (Å²) in [4.78, 5) is 15.6. The second-order valence-electron chi connectivity index (χ2n) is 10.0. The Balaban J connectivity index is 1.36. The quantitative estimate of drug-likeness (QED) is 0.123. The van der Waals surface area contributed by atoms with Gasteiger partial charge in [0.1, 0.15) is 18.5 Å². The van der Waals surface area contributed by atoms with Crippen molar-refractivity contribution in [2.24, 2.45) is 0 Å². The van der Waals surface area contributed by atoms with Crippen molar-refractivity contribution in [2.45, 2.75) is 46.0 Å². The van der Waals surface area contributed by atoms with E-state index >= 15 is 0 Å². The summed E-state index contributed by atoms with van der Waals surface area (Å²) in [5.74, 6) is 1.48. The number of nitrogens with zero attached hydrogens (tertiary/aromatic N) is 1. The number of methoxy groups -OCH3 is 1. The summed E-state index contributed by atoms with van der Waals surface area (Å²) in [5, 5.41) is 0. The van der Waals surface area contributed by atoms with Crippen LogP contribution in [0.15, 0.2) is 72.8 Å². The Hall–Kier alpha value is -4.20. The smallest absolute Gasteiger partial charge is 0.227 e. The molecule has 0 N–H and O–H groups in total. The fraction of sp³-hybridized carbons (Fsp3) is 0.314. The highest BCUT2D eigenvalue weighted by Gasteiger charge is 2.28. The molecule has 1 aromatic heterocycles. The number of benzene rings is 3. The van der Waals surface area contributed by atoms with E-state index in [1.54, 1.807) is 12.1 Å². The van der Waals surface area contributed by atoms with Crippen LogP contribution >= 0.6 is 0 Å². The van der Waals surface area contributed by atoms with E-state index in [1.807, 2.05) is 26.0 Å². The molecule has 218 valence electrons. The molecule has 1 atom stereocenters. The molecule has 0 saturated carbocycles. The van der Waals surface area contributed by atoms with Gasteiger partial charge in [-0.05, 0) is 90.8 Å². The molecule has 42 heavy (non-hydrogen) atoms. The zero-order valence-electron chi connectivity index (χ0n) is 24.6. The Morgan fingerprint density at radius 2 is 1.62 bits per heavy atom. The molecule has 0 fully saturated rings. The first-order valence-corrected chi connectivity index (χ1v) is 14.4. The number of carbonyl (C=O) groups excluding carboxylic acids is 1. The molecule has 1 aliphatic carbocycles. The predicted octanol–water partition coefficient (Wildman–Crippen LogP) is 7.39. The van der Waals surface area contributed by atoms with Gasteiger partial charge in [-0.1, -0.05) is 48.5 Å². The third-order valence-electron chi connectivity index (χ3n) is 7.54. The van der Waals surface area contributed by atoms with Gasteiger partial charge in [0.05, 0.1) is 12.7 Å². The summed E-state index contributed by atoms with van der Waals surface area (Å²) in [6, 6.07) is 24.4. The normalized spacial score (nSPS) is 14.1. The van der Waals surface area contributed by atoms with Gasteiger partial charge in [-0.25, -0.2) is 0 Å². The first-order chi connectivity index (χ1) is 20.6. The van der Waals surface area contributed by atoms with Gasteiger partial charge in [0, 0.05) is 19.3 Å². The second kappa shape index (κ2) is 13.6. The van der Waals surface area contributed by atoms with E-state index in [1.165, 1.54) is 34.9 Å². The van der Waals surface area contributed by atoms with Gasteiger partial charge >= 0.3 is 0 Å². The zero-order chi connectivity index (χ0) is 29.5. The lowest BCUT2D eigenvalue weighted by atomic mass is 9.89. The van der Waals surface area contributed by atoms with E-state index in [2.05, 4.69) is 60.4 Å². The largest absolute Gasteiger partial charge is 0.488 e. The van der Waals surface area contributed by atoms with Crippen molar-refractivity contribution in [1.29, 1.82) is 0 Å². The summed E-state index contributed by atoms with van der Waals surface area (Å²) in [6.07, 6.45) is 1.98. The highest BCUT2D eigenvalue weighted by atomic mass is 16.7. The van der Waals surface area contributed by atoms with Gasteiger partial charge < -0.3 is 23.7 Å². The lowest BCUT2D eigenvalue weighted by molar-refractivity contribution is -0.152. The van der Waals surface area contributed by atoms with Gasteiger partial charge in [-0.2, -0.15) is 4.98 Å². The molecular formula is C35H37NO6. The average molecular weight is 568 g/mol. The maximum Gasteiger partial charge on any atom is 0.227 e. The molecule has 0 bridgehead atoms. The number of rotatable bonds is 13. The van der Waals surface area contributed by atoms with Crippen molar-refractivity contribution in [1.82, 2.24) is 4.98 Å². The van der Waals surface area contributed by atoms with E-state index in [0.29, 0.717) is 31.3 Å². The molecule has 0 saturated heterocycles. The molecule has 0 radical (unpaired) electrons. The first-order valence-electron chi connectivity index (χ1n) is 14.4. The summed E-state index contributed by atoms with van der Waals surface area (Å²) < 4.78 is 28.6. The van der Waals surface area contributed by atoms with Gasteiger partial charge in [0.15, 0.2) is 12.6 Å². The van der Waals surface area contributed by atoms with Crippen LogP contribution in [-0.2, 0) is 15.9 Å². The Kier molecular flexibility index (Phi) is 9.52. The SMILES string of the molecule is CCOC(COc1ccc(-c2cccc(-c3cccc4c3CCC4Oc3ccc(C=O)c(OC)n3)c2C)cc1)OCC. The van der Waals surface area contributed by atoms with Crippen LogP contribution in [0.1, 0.15) is 53.4 Å². The van der Waals surface area contributed by atoms with Gasteiger partial charge in [0.25, 0.3) is 0 Å². The zero-order valence-corrected chi connectivity index (χ0v) is 24.6. The van der Waals surface area contributed by atoms with Crippen LogP contribution in [0.5, 0.6) is 17.5 Å². The lowest BCUT2D eigenvalue weighted by Crippen LogP contribution is -2.25. The van der Waals surface area contributed by atoms with Crippen LogP contribution in [0, 0.1) is 6.92 Å². The topological polar surface area (TPSA) is 76.1 Å². The summed E-state index contributed by atoms with van der Waals surface area (Å²) in [7, 11) is 1.50. The van der Waals surface area contributed by atoms with Gasteiger partial charge in [-0.3, -0.25) is 4.79 Å². The highest BCUT2D eigenvalue weighted by molar-refractivity contribution is 5.81. The molecule has 5 rings (SSSR count). The molecule has 0 spiro atoms. The molecule has 3 aromatic carbocycles. The number of ether oxygens (including phenoxy) is 5. The predicted molar refractivity (Wildman–Crippen MR) is 162 cm³/mol. The fourth-order valence-electron chi connectivity index (χ4n) is 5.54. The number of aromatic nitrogens is 1. The van der Waals surface area contributed by atoms with E-state index in [4.69, 9.17) is 23.7 Å². The molecule has 1 unspecified atom stereocenters. The first kappa shape index (κ1) is 29.3. The van der Waals surface area contributed by atoms with Gasteiger partial charge in [-0.15, -0.1) is 0 Å². The third kappa shape index (κ3) is 6.32. The Labute approximate surface area is 247 Å². The van der Waals surface area contributed by atoms with E-state index in [-0.39, 0.29) is 18.3 Å². The molecular weight excluding hydrogens is 530 g/mol. The second-order valence-corrected chi connectivity index (χ2v) is 10.0. The Morgan fingerprint density at radius 1 is 0.905 bits per heavy atom. The van der Waals surface area contributed by atoms with Crippen molar-refractivity contribution >= 4 is 6.29 Å². The van der Waals surface area contributed by atoms with Crippen LogP contribution in [0.3, 0.4) is 0 Å². The summed E-state index contributed by atoms with van der Waals surface area (Å²) in [5.41, 5.74) is 8.80. The number of hydrogen-bond donors (Lipinski definition) is 0. The Bertz CT molecular complexity index is 1510. The van der Waals surface area contributed by atoms with Crippen LogP contribution in [-0.4, -0.2) is 44.5 Å². The number of aldehydes is 1. The minimum Gasteiger partial charge on any atom is -0.488 e. The maximum absolute atomic E-state index is 11.2. The Morgan fingerprint density at radius 3 is 2.33 bits per heavy atom. The van der Waals surface area contributed by atoms with Crippen molar-refractivity contribution in [3.8, 4) is 39.8 Å². The average Bonchev–Trinajstić information content (AvgIpc) is 3.43. The summed E-state index contributed by atoms with van der Waals surface area (Å²) in [6.45, 7) is 7.55. The minimum atomic E-state index is -0.377. The van der Waals surface area contributed by atoms with Crippen molar-refractivity contribution in [3.63, 3.8) is 0 Å². The minimum absolute atomic E-state index is 0.125.